The second-order valence-corrected chi connectivity index (χ2v) is 60.0. The Morgan fingerprint density at radius 3 is 1.82 bits per heavy atom. The van der Waals surface area contributed by atoms with E-state index in [4.69, 9.17) is 49.8 Å². The third-order valence-electron chi connectivity index (χ3n) is 24.2. The molecule has 12 heterocycles. The maximum Gasteiger partial charge on any atom is 0.429 e. The number of ketones is 1. The number of nitrogen functional groups attached to an aromatic ring is 1. The second-order valence-electron chi connectivity index (χ2n) is 35.6. The predicted molar refractivity (Wildman–Crippen MR) is 481 cm³/mol. The van der Waals surface area contributed by atoms with Gasteiger partial charge in [-0.2, -0.15) is 34.4 Å². The molecule has 1 aromatic carbocycles. The number of piperidine rings is 1. The summed E-state index contributed by atoms with van der Waals surface area (Å²) in [6, 6.07) is 21.2. The van der Waals surface area contributed by atoms with E-state index in [1.807, 2.05) is 58.1 Å². The van der Waals surface area contributed by atoms with Crippen LogP contribution < -0.4 is 26.1 Å². The molecule has 7 aliphatic rings. The summed E-state index contributed by atoms with van der Waals surface area (Å²) in [4.78, 5) is 102. The van der Waals surface area contributed by atoms with Crippen LogP contribution >= 0.6 is 0 Å². The first kappa shape index (κ1) is 91.5. The molecule has 0 spiro atoms. The summed E-state index contributed by atoms with van der Waals surface area (Å²) in [7, 11) is -2.54. The molecule has 31 nitrogen and oxygen atoms in total. The number of aliphatic carboxylic acids is 1. The molecule has 4 bridgehead atoms. The summed E-state index contributed by atoms with van der Waals surface area (Å²) in [6.45, 7) is 33.0. The van der Waals surface area contributed by atoms with Gasteiger partial charge < -0.3 is 34.9 Å². The van der Waals surface area contributed by atoms with E-state index < -0.39 is 46.6 Å². The number of carbonyl (C=O) groups excluding carboxylic acids is 5. The molecule has 6 atom stereocenters. The van der Waals surface area contributed by atoms with Crippen LogP contribution in [-0.2, 0) is 39.9 Å². The Hall–Kier alpha value is -9.69. The molecule has 654 valence electrons. The zero-order valence-corrected chi connectivity index (χ0v) is 77.9. The standard InChI is InChI=1S/C42H59N7O5Si2.C26H27N11O3.C4H4N2O2.C4H7O.3C4H9.Sn/c1-55(2,3)20-18-52-29-46(30-53-19-21-56(4,5)6)39-25-37(35-23-32-12-13-33(22-32)24-35)45-41-36(27-44-48(39)41)34-14-15-38(43-26-34)49-40(50)16-17-47(49)42(51)54-28-31-10-8-7-9-11-31;1-13(38)21-22(15-8-16-3-4-17(9-15)35(16)26(40)24-29-12-30-34-24)33-25-18(11-32-37(25)23(21)27)14-2-5-19(28-10-14)36-20(39)6-7-31-36;7-4(8)3-1-2-5-6-3;1-3-5-4-2;3*1-3-4-2;/h7-11,14-15,25-27,32-33,35H,12-13,16-24,28-30H2,1-6H3;2,5,10-12,15-17,31H,3-4,6-9,27H2,1H3,(H,29,30,34);2H,1H2,(H,7,8);1,4H2,2H3;3*1,3-4H2,2H3;/t32-,33+,35?;15?,16-,17+;;;;;;. The van der Waals surface area contributed by atoms with Crippen molar-refractivity contribution in [1.29, 1.82) is 0 Å². The molecular weight excluding hydrogens is 1690 g/mol. The number of H-pyrrole nitrogens is 1. The molecule has 5 aliphatic heterocycles. The number of hydrogen-bond donors (Lipinski definition) is 4. The number of nitrogens with two attached hydrogens (primary N) is 1. The molecule has 122 heavy (non-hydrogen) atoms. The molecule has 4 saturated heterocycles. The minimum absolute atomic E-state index is 0.00319. The first-order chi connectivity index (χ1) is 58.7. The van der Waals surface area contributed by atoms with Crippen molar-refractivity contribution >= 4 is 117 Å². The number of nitrogens with one attached hydrogen (secondary N) is 2. The zero-order chi connectivity index (χ0) is 86.8. The van der Waals surface area contributed by atoms with E-state index in [1.165, 1.54) is 114 Å². The van der Waals surface area contributed by atoms with Crippen LogP contribution in [0, 0.1) is 11.8 Å². The third-order valence-corrected chi connectivity index (χ3v) is 42.6. The number of aromatic nitrogens is 11. The molecule has 5 N–H and O–H groups in total. The number of pyridine rings is 2. The van der Waals surface area contributed by atoms with E-state index in [9.17, 15) is 28.8 Å². The zero-order valence-electron chi connectivity index (χ0n) is 73.0. The van der Waals surface area contributed by atoms with E-state index in [2.05, 4.69) is 125 Å². The molecule has 2 saturated carbocycles. The number of aromatic amines is 1. The average Bonchev–Trinajstić information content (AvgIpc) is 1.58. The van der Waals surface area contributed by atoms with Gasteiger partial charge in [-0.25, -0.2) is 50.0 Å². The Morgan fingerprint density at radius 1 is 0.697 bits per heavy atom. The molecular formula is C88H124N20O11Si2Sn. The molecule has 7 aromatic heterocycles. The minimum Gasteiger partial charge on any atom is -0.477 e. The van der Waals surface area contributed by atoms with E-state index in [0.717, 1.165) is 95.6 Å². The van der Waals surface area contributed by atoms with Crippen LogP contribution in [0.2, 0.25) is 64.7 Å². The average molecular weight is 1810 g/mol. The Morgan fingerprint density at radius 2 is 1.30 bits per heavy atom. The fourth-order valence-corrected chi connectivity index (χ4v) is 33.7. The van der Waals surface area contributed by atoms with Gasteiger partial charge in [0.2, 0.25) is 17.6 Å². The van der Waals surface area contributed by atoms with Crippen LogP contribution in [0.25, 0.3) is 33.5 Å². The van der Waals surface area contributed by atoms with Crippen LogP contribution in [0.4, 0.5) is 28.1 Å². The maximum absolute atomic E-state index is 13.1. The van der Waals surface area contributed by atoms with Crippen LogP contribution in [-0.4, -0.2) is 210 Å². The van der Waals surface area contributed by atoms with Crippen LogP contribution in [0.5, 0.6) is 0 Å². The molecule has 4 amide bonds. The number of ether oxygens (including phenoxy) is 4. The number of anilines is 4. The van der Waals surface area contributed by atoms with Gasteiger partial charge in [0.1, 0.15) is 43.8 Å². The molecule has 0 radical (unpaired) electrons. The summed E-state index contributed by atoms with van der Waals surface area (Å²) in [5, 5.41) is 34.8. The normalized spacial score (nSPS) is 19.3. The first-order valence-corrected chi connectivity index (χ1v) is 58.7. The number of Topliss-reactive ketones (excluding diaryl/α,β-unsaturated/α-hetero) is 1. The SMILES string of the molecule is C=[C](OCC)[Sn]([CH2]CCC)([CH2]CCC)[CH2]CCC.CC(=O)c1c(C2C[C@H]3CC[C@@H](C2)N3C(=O)c2ncn[nH]2)nc2c(-c3ccc(N4NCCC4=O)nc3)cnn2c1N.C[Si](C)(C)CCOCN(COCC[Si](C)(C)C)c1cc(C2C[C@H]3CC[C@@H](C2)C3)nc2c(-c3ccc(N4C(=O)CCN4C(=O)OCc4ccccc4)nc3)cnn12.O=C(O)C1=NN=CC1. The number of unbranched alkanes of at least 4 members (excludes halogenated alkanes) is 3. The van der Waals surface area contributed by atoms with Gasteiger partial charge in [-0.1, -0.05) is 82.5 Å². The molecule has 2 unspecified atom stereocenters. The fraction of sp³-hybridized carbons (Fsp3) is 0.545. The van der Waals surface area contributed by atoms with Gasteiger partial charge in [-0.05, 0) is 106 Å². The monoisotopic (exact) mass is 1810 g/mol. The first-order valence-electron chi connectivity index (χ1n) is 43.8. The summed E-state index contributed by atoms with van der Waals surface area (Å²) in [5.41, 5.74) is 17.1. The van der Waals surface area contributed by atoms with Crippen molar-refractivity contribution in [1.82, 2.24) is 69.7 Å². The number of fused-ring (bicyclic) bond motifs is 6. The molecule has 2 aliphatic carbocycles. The van der Waals surface area contributed by atoms with Crippen molar-refractivity contribution in [3.8, 4) is 22.3 Å². The fourth-order valence-electron chi connectivity index (χ4n) is 17.6. The topological polar surface area (TPSA) is 366 Å². The van der Waals surface area contributed by atoms with Crippen LogP contribution in [0.1, 0.15) is 200 Å². The van der Waals surface area contributed by atoms with Gasteiger partial charge in [0.15, 0.2) is 28.6 Å². The van der Waals surface area contributed by atoms with Crippen molar-refractivity contribution in [2.24, 2.45) is 22.0 Å². The summed E-state index contributed by atoms with van der Waals surface area (Å²) in [5.74, 6) is 2.52. The number of nitrogens with zero attached hydrogens (tertiary/aromatic N) is 17. The summed E-state index contributed by atoms with van der Waals surface area (Å²) < 4.78 is 33.3. The predicted octanol–water partition coefficient (Wildman–Crippen LogP) is 16.1. The van der Waals surface area contributed by atoms with Gasteiger partial charge in [-0.3, -0.25) is 24.3 Å². The summed E-state index contributed by atoms with van der Waals surface area (Å²) in [6.07, 6.45) is 27.5. The van der Waals surface area contributed by atoms with E-state index in [1.54, 1.807) is 30.7 Å². The number of amides is 4. The van der Waals surface area contributed by atoms with Crippen molar-refractivity contribution < 1.29 is 52.8 Å². The quantitative estimate of drug-likeness (QED) is 0.00956. The molecule has 34 heteroatoms. The van der Waals surface area contributed by atoms with E-state index in [-0.39, 0.29) is 78.4 Å². The van der Waals surface area contributed by atoms with Gasteiger partial charge in [0.05, 0.1) is 30.2 Å². The Bertz CT molecular complexity index is 4910. The number of benzene rings is 1. The number of rotatable bonds is 34. The number of hydrogen-bond acceptors (Lipinski definition) is 23. The smallest absolute Gasteiger partial charge is 0.429 e. The number of carbonyl (C=O) groups is 6. The van der Waals surface area contributed by atoms with Gasteiger partial charge in [0, 0.05) is 132 Å². The Balaban J connectivity index is 0.000000177. The molecule has 15 rings (SSSR count). The van der Waals surface area contributed by atoms with Crippen molar-refractivity contribution in [2.75, 3.05) is 67.0 Å². The number of carboxylic acids is 1. The van der Waals surface area contributed by atoms with Crippen molar-refractivity contribution in [3.63, 3.8) is 0 Å². The second kappa shape index (κ2) is 42.1. The van der Waals surface area contributed by atoms with Crippen molar-refractivity contribution in [3.05, 3.63) is 130 Å². The third kappa shape index (κ3) is 22.8. The van der Waals surface area contributed by atoms with E-state index in [0.29, 0.717) is 98.9 Å². The van der Waals surface area contributed by atoms with Crippen LogP contribution in [0.15, 0.2) is 112 Å². The summed E-state index contributed by atoms with van der Waals surface area (Å²) >= 11 is -2.24. The van der Waals surface area contributed by atoms with Crippen molar-refractivity contribution in [2.45, 2.75) is 245 Å². The van der Waals surface area contributed by atoms with Crippen LogP contribution in [0.3, 0.4) is 0 Å². The Labute approximate surface area is 721 Å². The largest absolute Gasteiger partial charge is 0.477 e. The molecule has 6 fully saturated rings. The van der Waals surface area contributed by atoms with E-state index >= 15 is 0 Å². The number of hydrazine groups is 2. The minimum atomic E-state index is -2.24. The number of carboxylic acid groups (broad SMARTS) is 1. The van der Waals surface area contributed by atoms with Gasteiger partial charge >= 0.3 is 132 Å². The maximum atomic E-state index is 13.1. The molecule has 8 aromatic rings. The van der Waals surface area contributed by atoms with Gasteiger partial charge in [0.25, 0.3) is 5.91 Å². The van der Waals surface area contributed by atoms with Gasteiger partial charge in [-0.15, -0.1) is 5.10 Å². The Kier molecular flexibility index (Phi) is 31.6.